The van der Waals surface area contributed by atoms with Gasteiger partial charge in [0.25, 0.3) is 0 Å². The second-order valence-corrected chi connectivity index (χ2v) is 3.98. The first-order chi connectivity index (χ1) is 10.7. The van der Waals surface area contributed by atoms with Gasteiger partial charge in [0.05, 0.1) is 18.6 Å². The van der Waals surface area contributed by atoms with Crippen LogP contribution in [0.4, 0.5) is 22.0 Å². The van der Waals surface area contributed by atoms with Gasteiger partial charge < -0.3 is 14.2 Å². The number of hydrogen-bond donors (Lipinski definition) is 0. The highest BCUT2D eigenvalue weighted by atomic mass is 19.4. The van der Waals surface area contributed by atoms with Gasteiger partial charge in [-0.2, -0.15) is 14.0 Å². The number of ether oxygens (including phenoxy) is 3. The number of carbonyl (C=O) groups is 1. The normalized spacial score (nSPS) is 11.0. The lowest BCUT2D eigenvalue weighted by Gasteiger charge is -2.15. The van der Waals surface area contributed by atoms with Crippen LogP contribution in [0.25, 0.3) is 0 Å². The van der Waals surface area contributed by atoms with E-state index in [-0.39, 0.29) is 12.2 Å². The largest absolute Gasteiger partial charge is 0.573 e. The number of esters is 1. The predicted molar refractivity (Wildman–Crippen MR) is 64.8 cm³/mol. The Bertz CT molecular complexity index is 610. The van der Waals surface area contributed by atoms with Crippen LogP contribution in [0.2, 0.25) is 0 Å². The van der Waals surface area contributed by atoms with Crippen molar-refractivity contribution < 1.29 is 41.0 Å². The Morgan fingerprint density at radius 3 is 2.43 bits per heavy atom. The van der Waals surface area contributed by atoms with Crippen molar-refractivity contribution in [3.05, 3.63) is 23.3 Å². The first-order valence-corrected chi connectivity index (χ1v) is 6.09. The van der Waals surface area contributed by atoms with Gasteiger partial charge in [-0.05, 0) is 13.0 Å². The van der Waals surface area contributed by atoms with Crippen LogP contribution in [0.5, 0.6) is 11.5 Å². The zero-order valence-electron chi connectivity index (χ0n) is 11.6. The number of rotatable bonds is 6. The molecule has 0 bridgehead atoms. The van der Waals surface area contributed by atoms with E-state index in [1.54, 1.807) is 0 Å². The minimum absolute atomic E-state index is 0.00788. The molecular formula is C13H10F5NO4. The fourth-order valence-electron chi connectivity index (χ4n) is 1.61. The standard InChI is InChI=1S/C13H10F5NO4/c1-2-21-11(20)5-7-3-10(23-13(16,17)18)8(6-19)4-9(7)22-12(14)15/h3-4,12H,2,5H2,1H3. The molecule has 1 rings (SSSR count). The Morgan fingerprint density at radius 2 is 1.96 bits per heavy atom. The summed E-state index contributed by atoms with van der Waals surface area (Å²) >= 11 is 0. The molecule has 0 heterocycles. The third-order valence-corrected chi connectivity index (χ3v) is 2.37. The third-order valence-electron chi connectivity index (χ3n) is 2.37. The Balaban J connectivity index is 3.28. The molecule has 10 heteroatoms. The highest BCUT2D eigenvalue weighted by Crippen LogP contribution is 2.33. The van der Waals surface area contributed by atoms with Crippen LogP contribution in [0.15, 0.2) is 12.1 Å². The number of carbonyl (C=O) groups excluding carboxylic acids is 1. The Kier molecular flexibility index (Phi) is 6.12. The first kappa shape index (κ1) is 18.5. The first-order valence-electron chi connectivity index (χ1n) is 6.09. The van der Waals surface area contributed by atoms with E-state index in [1.165, 1.54) is 13.0 Å². The maximum atomic E-state index is 12.4. The minimum atomic E-state index is -5.10. The monoisotopic (exact) mass is 339 g/mol. The van der Waals surface area contributed by atoms with Crippen molar-refractivity contribution in [3.63, 3.8) is 0 Å². The summed E-state index contributed by atoms with van der Waals surface area (Å²) in [5.41, 5.74) is -1.01. The van der Waals surface area contributed by atoms with Crippen molar-refractivity contribution in [2.75, 3.05) is 6.61 Å². The topological polar surface area (TPSA) is 68.5 Å². The second-order valence-electron chi connectivity index (χ2n) is 3.98. The Labute approximate surface area is 127 Å². The van der Waals surface area contributed by atoms with Crippen molar-refractivity contribution in [2.45, 2.75) is 26.3 Å². The maximum absolute atomic E-state index is 12.4. The van der Waals surface area contributed by atoms with Gasteiger partial charge in [0.1, 0.15) is 17.6 Å². The lowest BCUT2D eigenvalue weighted by Crippen LogP contribution is -2.18. The molecule has 23 heavy (non-hydrogen) atoms. The summed E-state index contributed by atoms with van der Waals surface area (Å²) in [6.45, 7) is -1.81. The molecule has 0 aromatic heterocycles. The Morgan fingerprint density at radius 1 is 1.30 bits per heavy atom. The van der Waals surface area contributed by atoms with E-state index in [1.807, 2.05) is 0 Å². The van der Waals surface area contributed by atoms with Gasteiger partial charge in [0, 0.05) is 11.6 Å². The van der Waals surface area contributed by atoms with Crippen LogP contribution in [0.3, 0.4) is 0 Å². The minimum Gasteiger partial charge on any atom is -0.466 e. The van der Waals surface area contributed by atoms with Crippen molar-refractivity contribution in [1.82, 2.24) is 0 Å². The van der Waals surface area contributed by atoms with Crippen molar-refractivity contribution in [3.8, 4) is 17.6 Å². The van der Waals surface area contributed by atoms with Crippen LogP contribution in [0.1, 0.15) is 18.1 Å². The molecule has 1 aromatic carbocycles. The van der Waals surface area contributed by atoms with Crippen molar-refractivity contribution in [1.29, 1.82) is 5.26 Å². The van der Waals surface area contributed by atoms with Gasteiger partial charge in [-0.3, -0.25) is 4.79 Å². The smallest absolute Gasteiger partial charge is 0.466 e. The summed E-state index contributed by atoms with van der Waals surface area (Å²) in [6.07, 6.45) is -5.73. The van der Waals surface area contributed by atoms with E-state index < -0.39 is 42.4 Å². The fraction of sp³-hybridized carbons (Fsp3) is 0.385. The quantitative estimate of drug-likeness (QED) is 0.588. The molecule has 0 atom stereocenters. The van der Waals surface area contributed by atoms with Crippen LogP contribution in [-0.2, 0) is 16.0 Å². The fourth-order valence-corrected chi connectivity index (χ4v) is 1.61. The van der Waals surface area contributed by atoms with Gasteiger partial charge in [-0.15, -0.1) is 13.2 Å². The molecule has 0 aliphatic heterocycles. The van der Waals surface area contributed by atoms with E-state index in [9.17, 15) is 26.7 Å². The summed E-state index contributed by atoms with van der Waals surface area (Å²) < 4.78 is 74.0. The van der Waals surface area contributed by atoms with Crippen molar-refractivity contribution in [2.24, 2.45) is 0 Å². The lowest BCUT2D eigenvalue weighted by atomic mass is 10.1. The van der Waals surface area contributed by atoms with Crippen LogP contribution in [0, 0.1) is 11.3 Å². The summed E-state index contributed by atoms with van der Waals surface area (Å²) in [4.78, 5) is 11.4. The number of alkyl halides is 5. The molecule has 0 spiro atoms. The molecule has 0 radical (unpaired) electrons. The SMILES string of the molecule is CCOC(=O)Cc1cc(OC(F)(F)F)c(C#N)cc1OC(F)F. The molecule has 0 aliphatic carbocycles. The molecule has 126 valence electrons. The lowest BCUT2D eigenvalue weighted by molar-refractivity contribution is -0.274. The zero-order chi connectivity index (χ0) is 17.6. The molecule has 0 saturated heterocycles. The average molecular weight is 339 g/mol. The van der Waals surface area contributed by atoms with Gasteiger partial charge in [-0.25, -0.2) is 0 Å². The van der Waals surface area contributed by atoms with E-state index >= 15 is 0 Å². The molecule has 0 unspecified atom stereocenters. The molecule has 0 saturated carbocycles. The van der Waals surface area contributed by atoms with Gasteiger partial charge >= 0.3 is 18.9 Å². The summed E-state index contributed by atoms with van der Waals surface area (Å²) in [6, 6.07) is 2.65. The second kappa shape index (κ2) is 7.62. The number of nitrogens with zero attached hydrogens (tertiary/aromatic N) is 1. The molecule has 0 fully saturated rings. The van der Waals surface area contributed by atoms with Gasteiger partial charge in [-0.1, -0.05) is 0 Å². The zero-order valence-corrected chi connectivity index (χ0v) is 11.6. The summed E-state index contributed by atoms with van der Waals surface area (Å²) in [5.74, 6) is -2.41. The van der Waals surface area contributed by atoms with Crippen LogP contribution in [-0.4, -0.2) is 25.6 Å². The van der Waals surface area contributed by atoms with E-state index in [0.717, 1.165) is 0 Å². The molecule has 5 nitrogen and oxygen atoms in total. The molecule has 0 amide bonds. The average Bonchev–Trinajstić information content (AvgIpc) is 2.39. The molecule has 0 aliphatic rings. The number of hydrogen-bond acceptors (Lipinski definition) is 5. The summed E-state index contributed by atoms with van der Waals surface area (Å²) in [5, 5.41) is 8.80. The number of halogens is 5. The highest BCUT2D eigenvalue weighted by molar-refractivity contribution is 5.74. The third kappa shape index (κ3) is 5.98. The highest BCUT2D eigenvalue weighted by Gasteiger charge is 2.33. The van der Waals surface area contributed by atoms with Gasteiger partial charge in [0.2, 0.25) is 0 Å². The van der Waals surface area contributed by atoms with Crippen LogP contribution >= 0.6 is 0 Å². The number of benzene rings is 1. The number of nitriles is 1. The predicted octanol–water partition coefficient (Wildman–Crippen LogP) is 3.16. The molecule has 1 aromatic rings. The summed E-state index contributed by atoms with van der Waals surface area (Å²) in [7, 11) is 0. The molecule has 0 N–H and O–H groups in total. The van der Waals surface area contributed by atoms with E-state index in [0.29, 0.717) is 12.1 Å². The Hall–Kier alpha value is -2.57. The maximum Gasteiger partial charge on any atom is 0.573 e. The molecular weight excluding hydrogens is 329 g/mol. The van der Waals surface area contributed by atoms with E-state index in [4.69, 9.17) is 5.26 Å². The van der Waals surface area contributed by atoms with E-state index in [2.05, 4.69) is 14.2 Å². The van der Waals surface area contributed by atoms with Gasteiger partial charge in [0.15, 0.2) is 0 Å². The van der Waals surface area contributed by atoms with Crippen molar-refractivity contribution >= 4 is 5.97 Å². The van der Waals surface area contributed by atoms with Crippen LogP contribution < -0.4 is 9.47 Å².